The third kappa shape index (κ3) is 3.51. The molecule has 0 heterocycles. The Labute approximate surface area is 159 Å². The van der Waals surface area contributed by atoms with Gasteiger partial charge in [-0.1, -0.05) is 72.3 Å². The maximum Gasteiger partial charge on any atom is 0.276 e. The van der Waals surface area contributed by atoms with E-state index in [1.165, 1.54) is 11.1 Å². The van der Waals surface area contributed by atoms with Crippen molar-refractivity contribution in [2.75, 3.05) is 0 Å². The van der Waals surface area contributed by atoms with Crippen LogP contribution in [0, 0.1) is 6.92 Å². The van der Waals surface area contributed by atoms with Crippen LogP contribution in [0.3, 0.4) is 0 Å². The molecule has 0 aliphatic heterocycles. The highest BCUT2D eigenvalue weighted by atomic mass is 32.2. The van der Waals surface area contributed by atoms with Crippen LogP contribution in [0.2, 0.25) is 0 Å². The molecule has 0 fully saturated rings. The van der Waals surface area contributed by atoms with Crippen molar-refractivity contribution in [3.63, 3.8) is 0 Å². The summed E-state index contributed by atoms with van der Waals surface area (Å²) in [5.41, 5.74) is 5.28. The van der Waals surface area contributed by atoms with Gasteiger partial charge in [0.05, 0.1) is 10.6 Å². The van der Waals surface area contributed by atoms with E-state index in [0.717, 1.165) is 16.8 Å². The molecule has 5 heteroatoms. The SMILES string of the molecule is Cc1ccc(S(=O)(=O)N/N=C2\Cc3ccccc3C2c2ccccc2)cc1. The van der Waals surface area contributed by atoms with Gasteiger partial charge in [0, 0.05) is 12.3 Å². The first kappa shape index (κ1) is 17.5. The molecular formula is C22H20N2O2S. The maximum absolute atomic E-state index is 12.6. The molecule has 0 saturated heterocycles. The van der Waals surface area contributed by atoms with E-state index in [4.69, 9.17) is 0 Å². The van der Waals surface area contributed by atoms with E-state index in [1.54, 1.807) is 24.3 Å². The van der Waals surface area contributed by atoms with E-state index in [0.29, 0.717) is 6.42 Å². The van der Waals surface area contributed by atoms with Crippen molar-refractivity contribution in [2.45, 2.75) is 24.2 Å². The molecule has 27 heavy (non-hydrogen) atoms. The van der Waals surface area contributed by atoms with E-state index in [2.05, 4.69) is 34.2 Å². The second kappa shape index (κ2) is 7.00. The third-order valence-electron chi connectivity index (χ3n) is 4.84. The maximum atomic E-state index is 12.6. The van der Waals surface area contributed by atoms with Gasteiger partial charge in [-0.05, 0) is 35.7 Å². The summed E-state index contributed by atoms with van der Waals surface area (Å²) in [6.45, 7) is 1.92. The molecule has 3 aromatic rings. The van der Waals surface area contributed by atoms with Gasteiger partial charge in [0.15, 0.2) is 0 Å². The number of hydrogen-bond donors (Lipinski definition) is 1. The average molecular weight is 376 g/mol. The summed E-state index contributed by atoms with van der Waals surface area (Å²) in [5, 5.41) is 4.34. The summed E-state index contributed by atoms with van der Waals surface area (Å²) in [6.07, 6.45) is 0.631. The van der Waals surface area contributed by atoms with Gasteiger partial charge in [0.1, 0.15) is 0 Å². The van der Waals surface area contributed by atoms with Crippen LogP contribution in [0.4, 0.5) is 0 Å². The zero-order chi connectivity index (χ0) is 18.9. The standard InChI is InChI=1S/C22H20N2O2S/c1-16-11-13-19(14-12-16)27(25,26)24-23-21-15-18-9-5-6-10-20(18)22(21)17-7-3-2-4-8-17/h2-14,22,24H,15H2,1H3/b23-21+. The molecule has 1 unspecified atom stereocenters. The quantitative estimate of drug-likeness (QED) is 0.699. The molecule has 1 N–H and O–H groups in total. The third-order valence-corrected chi connectivity index (χ3v) is 6.07. The van der Waals surface area contributed by atoms with Crippen LogP contribution in [-0.2, 0) is 16.4 Å². The van der Waals surface area contributed by atoms with Crippen LogP contribution in [0.15, 0.2) is 88.9 Å². The molecule has 136 valence electrons. The number of fused-ring (bicyclic) bond motifs is 1. The van der Waals surface area contributed by atoms with Crippen LogP contribution in [0.1, 0.15) is 28.2 Å². The fourth-order valence-corrected chi connectivity index (χ4v) is 4.30. The van der Waals surface area contributed by atoms with Gasteiger partial charge in [0.25, 0.3) is 10.0 Å². The molecule has 0 radical (unpaired) electrons. The normalized spacial score (nSPS) is 17.7. The van der Waals surface area contributed by atoms with Crippen molar-refractivity contribution in [2.24, 2.45) is 5.10 Å². The lowest BCUT2D eigenvalue weighted by atomic mass is 9.92. The minimum atomic E-state index is -3.69. The average Bonchev–Trinajstić information content (AvgIpc) is 3.06. The number of hydrazone groups is 1. The van der Waals surface area contributed by atoms with Gasteiger partial charge < -0.3 is 0 Å². The second-order valence-electron chi connectivity index (χ2n) is 6.73. The fourth-order valence-electron chi connectivity index (χ4n) is 3.46. The monoisotopic (exact) mass is 376 g/mol. The van der Waals surface area contributed by atoms with Gasteiger partial charge >= 0.3 is 0 Å². The highest BCUT2D eigenvalue weighted by Gasteiger charge is 2.30. The number of nitrogens with one attached hydrogen (secondary N) is 1. The molecule has 1 aliphatic rings. The molecule has 0 amide bonds. The predicted molar refractivity (Wildman–Crippen MR) is 107 cm³/mol. The first-order valence-electron chi connectivity index (χ1n) is 8.82. The summed E-state index contributed by atoms with van der Waals surface area (Å²) in [5.74, 6) is -0.0388. The highest BCUT2D eigenvalue weighted by Crippen LogP contribution is 2.36. The van der Waals surface area contributed by atoms with Crippen LogP contribution in [0.5, 0.6) is 0 Å². The van der Waals surface area contributed by atoms with E-state index in [-0.39, 0.29) is 10.8 Å². The van der Waals surface area contributed by atoms with Gasteiger partial charge in [0.2, 0.25) is 0 Å². The highest BCUT2D eigenvalue weighted by molar-refractivity contribution is 7.89. The Hall–Kier alpha value is -2.92. The minimum absolute atomic E-state index is 0.0388. The predicted octanol–water partition coefficient (Wildman–Crippen LogP) is 4.02. The van der Waals surface area contributed by atoms with Crippen molar-refractivity contribution in [1.29, 1.82) is 0 Å². The summed E-state index contributed by atoms with van der Waals surface area (Å²) >= 11 is 0. The van der Waals surface area contributed by atoms with Crippen molar-refractivity contribution in [1.82, 2.24) is 4.83 Å². The lowest BCUT2D eigenvalue weighted by molar-refractivity contribution is 0.584. The largest absolute Gasteiger partial charge is 0.276 e. The topological polar surface area (TPSA) is 58.5 Å². The molecule has 0 aromatic heterocycles. The van der Waals surface area contributed by atoms with E-state index in [1.807, 2.05) is 37.3 Å². The van der Waals surface area contributed by atoms with E-state index >= 15 is 0 Å². The summed E-state index contributed by atoms with van der Waals surface area (Å²) < 4.78 is 25.2. The summed E-state index contributed by atoms with van der Waals surface area (Å²) in [6, 6.07) is 25.0. The number of nitrogens with zero attached hydrogens (tertiary/aromatic N) is 1. The molecule has 4 nitrogen and oxygen atoms in total. The van der Waals surface area contributed by atoms with Crippen LogP contribution in [-0.4, -0.2) is 14.1 Å². The molecule has 1 aliphatic carbocycles. The van der Waals surface area contributed by atoms with Gasteiger partial charge in [-0.3, -0.25) is 0 Å². The molecule has 4 rings (SSSR count). The van der Waals surface area contributed by atoms with Gasteiger partial charge in [-0.25, -0.2) is 4.83 Å². The van der Waals surface area contributed by atoms with Crippen LogP contribution >= 0.6 is 0 Å². The Morgan fingerprint density at radius 1 is 0.889 bits per heavy atom. The zero-order valence-electron chi connectivity index (χ0n) is 15.0. The number of hydrogen-bond acceptors (Lipinski definition) is 3. The molecule has 0 saturated carbocycles. The number of sulfonamides is 1. The van der Waals surface area contributed by atoms with Crippen molar-refractivity contribution in [3.05, 3.63) is 101 Å². The Morgan fingerprint density at radius 3 is 2.30 bits per heavy atom. The molecule has 0 spiro atoms. The Morgan fingerprint density at radius 2 is 1.56 bits per heavy atom. The smallest absolute Gasteiger partial charge is 0.200 e. The molecule has 3 aromatic carbocycles. The van der Waals surface area contributed by atoms with Crippen LogP contribution < -0.4 is 4.83 Å². The van der Waals surface area contributed by atoms with Gasteiger partial charge in [-0.15, -0.1) is 0 Å². The van der Waals surface area contributed by atoms with E-state index < -0.39 is 10.0 Å². The van der Waals surface area contributed by atoms with Crippen molar-refractivity contribution >= 4 is 15.7 Å². The van der Waals surface area contributed by atoms with Gasteiger partial charge in [-0.2, -0.15) is 13.5 Å². The molecule has 1 atom stereocenters. The van der Waals surface area contributed by atoms with Crippen LogP contribution in [0.25, 0.3) is 0 Å². The number of aryl methyl sites for hydroxylation is 1. The fraction of sp³-hybridized carbons (Fsp3) is 0.136. The van der Waals surface area contributed by atoms with E-state index in [9.17, 15) is 8.42 Å². The minimum Gasteiger partial charge on any atom is -0.200 e. The first-order valence-corrected chi connectivity index (χ1v) is 10.3. The Balaban J connectivity index is 1.69. The number of benzene rings is 3. The summed E-state index contributed by atoms with van der Waals surface area (Å²) in [4.78, 5) is 2.64. The molecular weight excluding hydrogens is 356 g/mol. The Bertz CT molecular complexity index is 1090. The Kier molecular flexibility index (Phi) is 4.54. The van der Waals surface area contributed by atoms with Crippen molar-refractivity contribution < 1.29 is 8.42 Å². The van der Waals surface area contributed by atoms with Crippen molar-refractivity contribution in [3.8, 4) is 0 Å². The lowest BCUT2D eigenvalue weighted by Crippen LogP contribution is -2.22. The number of rotatable bonds is 4. The zero-order valence-corrected chi connectivity index (χ0v) is 15.8. The summed E-state index contributed by atoms with van der Waals surface area (Å²) in [7, 11) is -3.69. The molecule has 0 bridgehead atoms. The second-order valence-corrected chi connectivity index (χ2v) is 8.39. The first-order chi connectivity index (χ1) is 13.0. The lowest BCUT2D eigenvalue weighted by Gasteiger charge is -2.14.